The lowest BCUT2D eigenvalue weighted by Gasteiger charge is -2.23. The zero-order valence-electron chi connectivity index (χ0n) is 10.7. The van der Waals surface area contributed by atoms with Gasteiger partial charge in [0.25, 0.3) is 0 Å². The van der Waals surface area contributed by atoms with Crippen molar-refractivity contribution in [3.8, 4) is 0 Å². The van der Waals surface area contributed by atoms with Crippen molar-refractivity contribution in [2.45, 2.75) is 32.1 Å². The molecule has 0 spiro atoms. The maximum Gasteiger partial charge on any atom is 0.0425 e. The van der Waals surface area contributed by atoms with Gasteiger partial charge in [-0.15, -0.1) is 11.6 Å². The Kier molecular flexibility index (Phi) is 3.73. The summed E-state index contributed by atoms with van der Waals surface area (Å²) in [4.78, 5) is 0. The van der Waals surface area contributed by atoms with Crippen molar-refractivity contribution >= 4 is 22.4 Å². The largest absolute Gasteiger partial charge is 0.122 e. The molecule has 0 aromatic heterocycles. The standard InChI is InChI=1S/C16H19Cl/c1-11(2)16(17)12(3)14-10-6-8-13-7-4-5-9-15(13)14/h4-12,16H,1-3H3. The highest BCUT2D eigenvalue weighted by atomic mass is 35.5. The molecule has 0 N–H and O–H groups in total. The lowest BCUT2D eigenvalue weighted by Crippen LogP contribution is -2.16. The van der Waals surface area contributed by atoms with Gasteiger partial charge in [0.1, 0.15) is 0 Å². The lowest BCUT2D eigenvalue weighted by molar-refractivity contribution is 0.535. The number of halogens is 1. The van der Waals surface area contributed by atoms with E-state index >= 15 is 0 Å². The molecule has 0 radical (unpaired) electrons. The molecule has 0 saturated heterocycles. The van der Waals surface area contributed by atoms with Gasteiger partial charge < -0.3 is 0 Å². The van der Waals surface area contributed by atoms with E-state index in [1.54, 1.807) is 0 Å². The first kappa shape index (κ1) is 12.4. The SMILES string of the molecule is CC(C)C(Cl)C(C)c1cccc2ccccc12. The third-order valence-corrected chi connectivity index (χ3v) is 4.31. The lowest BCUT2D eigenvalue weighted by atomic mass is 9.88. The van der Waals surface area contributed by atoms with Crippen LogP contribution in [0.5, 0.6) is 0 Å². The van der Waals surface area contributed by atoms with Gasteiger partial charge in [0.05, 0.1) is 0 Å². The minimum absolute atomic E-state index is 0.181. The van der Waals surface area contributed by atoms with E-state index in [1.807, 2.05) is 0 Å². The van der Waals surface area contributed by atoms with Crippen molar-refractivity contribution in [1.82, 2.24) is 0 Å². The predicted molar refractivity (Wildman–Crippen MR) is 76.8 cm³/mol. The summed E-state index contributed by atoms with van der Waals surface area (Å²) in [5.41, 5.74) is 1.36. The average molecular weight is 247 g/mol. The molecule has 0 fully saturated rings. The fourth-order valence-electron chi connectivity index (χ4n) is 2.40. The van der Waals surface area contributed by atoms with Gasteiger partial charge in [0, 0.05) is 5.38 Å². The molecule has 2 aromatic carbocycles. The summed E-state index contributed by atoms with van der Waals surface area (Å²) in [5.74, 6) is 0.869. The summed E-state index contributed by atoms with van der Waals surface area (Å²) in [7, 11) is 0. The molecule has 0 bridgehead atoms. The van der Waals surface area contributed by atoms with Crippen LogP contribution in [0.25, 0.3) is 10.8 Å². The second-order valence-corrected chi connectivity index (χ2v) is 5.55. The van der Waals surface area contributed by atoms with E-state index in [9.17, 15) is 0 Å². The van der Waals surface area contributed by atoms with Crippen molar-refractivity contribution in [2.75, 3.05) is 0 Å². The van der Waals surface area contributed by atoms with Crippen molar-refractivity contribution in [2.24, 2.45) is 5.92 Å². The van der Waals surface area contributed by atoms with Gasteiger partial charge in [-0.2, -0.15) is 0 Å². The summed E-state index contributed by atoms with van der Waals surface area (Å²) in [6.07, 6.45) is 0. The minimum atomic E-state index is 0.181. The molecule has 17 heavy (non-hydrogen) atoms. The molecule has 0 amide bonds. The monoisotopic (exact) mass is 246 g/mol. The van der Waals surface area contributed by atoms with Gasteiger partial charge in [-0.3, -0.25) is 0 Å². The number of alkyl halides is 1. The van der Waals surface area contributed by atoms with Crippen molar-refractivity contribution in [3.63, 3.8) is 0 Å². The van der Waals surface area contributed by atoms with Crippen LogP contribution in [0.2, 0.25) is 0 Å². The molecule has 2 aromatic rings. The van der Waals surface area contributed by atoms with E-state index in [4.69, 9.17) is 11.6 Å². The highest BCUT2D eigenvalue weighted by Crippen LogP contribution is 2.32. The fourth-order valence-corrected chi connectivity index (χ4v) is 2.53. The molecule has 2 rings (SSSR count). The summed E-state index contributed by atoms with van der Waals surface area (Å²) >= 11 is 6.50. The zero-order valence-corrected chi connectivity index (χ0v) is 11.4. The first-order chi connectivity index (χ1) is 8.11. The first-order valence-electron chi connectivity index (χ1n) is 6.23. The second kappa shape index (κ2) is 5.10. The Labute approximate surface area is 109 Å². The van der Waals surface area contributed by atoms with Crippen LogP contribution in [0.4, 0.5) is 0 Å². The Morgan fingerprint density at radius 2 is 1.53 bits per heavy atom. The van der Waals surface area contributed by atoms with E-state index < -0.39 is 0 Å². The summed E-state index contributed by atoms with van der Waals surface area (Å²) < 4.78 is 0. The van der Waals surface area contributed by atoms with Crippen LogP contribution in [0.1, 0.15) is 32.3 Å². The third-order valence-electron chi connectivity index (χ3n) is 3.43. The Balaban J connectivity index is 2.48. The Morgan fingerprint density at radius 1 is 0.882 bits per heavy atom. The van der Waals surface area contributed by atoms with Crippen LogP contribution in [-0.2, 0) is 0 Å². The molecule has 2 unspecified atom stereocenters. The number of benzene rings is 2. The van der Waals surface area contributed by atoms with Crippen LogP contribution in [-0.4, -0.2) is 5.38 Å². The smallest absolute Gasteiger partial charge is 0.0425 e. The van der Waals surface area contributed by atoms with Crippen LogP contribution < -0.4 is 0 Å². The van der Waals surface area contributed by atoms with E-state index in [2.05, 4.69) is 63.2 Å². The number of hydrogen-bond donors (Lipinski definition) is 0. The maximum atomic E-state index is 6.50. The molecule has 0 heterocycles. The van der Waals surface area contributed by atoms with Gasteiger partial charge >= 0.3 is 0 Å². The van der Waals surface area contributed by atoms with Crippen molar-refractivity contribution in [1.29, 1.82) is 0 Å². The molecule has 0 aliphatic heterocycles. The zero-order chi connectivity index (χ0) is 12.4. The molecular weight excluding hydrogens is 228 g/mol. The van der Waals surface area contributed by atoms with Gasteiger partial charge in [-0.1, -0.05) is 63.2 Å². The van der Waals surface area contributed by atoms with Crippen molar-refractivity contribution in [3.05, 3.63) is 48.0 Å². The molecule has 90 valence electrons. The topological polar surface area (TPSA) is 0 Å². The Morgan fingerprint density at radius 3 is 2.24 bits per heavy atom. The Hall–Kier alpha value is -1.01. The molecule has 0 aliphatic rings. The highest BCUT2D eigenvalue weighted by Gasteiger charge is 2.20. The van der Waals surface area contributed by atoms with Crippen LogP contribution in [0.15, 0.2) is 42.5 Å². The van der Waals surface area contributed by atoms with E-state index in [0.29, 0.717) is 11.8 Å². The predicted octanol–water partition coefficient (Wildman–Crippen LogP) is 5.21. The first-order valence-corrected chi connectivity index (χ1v) is 6.66. The molecule has 0 nitrogen and oxygen atoms in total. The quantitative estimate of drug-likeness (QED) is 0.653. The van der Waals surface area contributed by atoms with E-state index in [1.165, 1.54) is 16.3 Å². The molecular formula is C16H19Cl. The summed E-state index contributed by atoms with van der Waals surface area (Å²) in [6, 6.07) is 15.0. The van der Waals surface area contributed by atoms with Crippen LogP contribution in [0.3, 0.4) is 0 Å². The van der Waals surface area contributed by atoms with Gasteiger partial charge in [0.15, 0.2) is 0 Å². The molecule has 1 heteroatoms. The number of rotatable bonds is 3. The summed E-state index contributed by atoms with van der Waals surface area (Å²) in [5, 5.41) is 2.80. The summed E-state index contributed by atoms with van der Waals surface area (Å²) in [6.45, 7) is 6.58. The molecule has 0 aliphatic carbocycles. The Bertz CT molecular complexity index is 496. The second-order valence-electron chi connectivity index (χ2n) is 5.05. The average Bonchev–Trinajstić information content (AvgIpc) is 2.36. The van der Waals surface area contributed by atoms with Crippen molar-refractivity contribution < 1.29 is 0 Å². The number of fused-ring (bicyclic) bond motifs is 1. The van der Waals surface area contributed by atoms with Gasteiger partial charge in [-0.25, -0.2) is 0 Å². The number of hydrogen-bond acceptors (Lipinski definition) is 0. The molecule has 2 atom stereocenters. The van der Waals surface area contributed by atoms with Crippen LogP contribution in [0, 0.1) is 5.92 Å². The minimum Gasteiger partial charge on any atom is -0.122 e. The van der Waals surface area contributed by atoms with Gasteiger partial charge in [0.2, 0.25) is 0 Å². The van der Waals surface area contributed by atoms with E-state index in [0.717, 1.165) is 0 Å². The normalized spacial score (nSPS) is 15.1. The maximum absolute atomic E-state index is 6.50. The fraction of sp³-hybridized carbons (Fsp3) is 0.375. The van der Waals surface area contributed by atoms with Crippen LogP contribution >= 0.6 is 11.6 Å². The van der Waals surface area contributed by atoms with Gasteiger partial charge in [-0.05, 0) is 28.2 Å². The third kappa shape index (κ3) is 2.47. The van der Waals surface area contributed by atoms with E-state index in [-0.39, 0.29) is 5.38 Å². The highest BCUT2D eigenvalue weighted by molar-refractivity contribution is 6.21. The molecule has 0 saturated carbocycles.